The van der Waals surface area contributed by atoms with Crippen LogP contribution in [-0.2, 0) is 13.6 Å². The molecule has 0 radical (unpaired) electrons. The number of aliphatic imine (C=N–C) groups is 1. The monoisotopic (exact) mass is 534 g/mol. The van der Waals surface area contributed by atoms with Crippen LogP contribution in [0.15, 0.2) is 29.3 Å². The van der Waals surface area contributed by atoms with Gasteiger partial charge in [-0.05, 0) is 32.4 Å². The second kappa shape index (κ2) is 10.8. The quantitative estimate of drug-likeness (QED) is 0.339. The van der Waals surface area contributed by atoms with E-state index in [1.54, 1.807) is 25.2 Å². The fraction of sp³-hybridized carbons (Fsp3) is 0.500. The van der Waals surface area contributed by atoms with E-state index < -0.39 is 6.61 Å². The van der Waals surface area contributed by atoms with Gasteiger partial charge in [-0.1, -0.05) is 12.1 Å². The number of alkyl halides is 2. The Bertz CT molecular complexity index is 873. The Hall–Kier alpha value is -2.11. The van der Waals surface area contributed by atoms with Gasteiger partial charge in [-0.2, -0.15) is 13.9 Å². The highest BCUT2D eigenvalue weighted by Gasteiger charge is 2.26. The number of para-hydroxylation sites is 2. The summed E-state index contributed by atoms with van der Waals surface area (Å²) in [5.41, 5.74) is 3.95. The van der Waals surface area contributed by atoms with Crippen LogP contribution in [0.3, 0.4) is 0 Å². The smallest absolute Gasteiger partial charge is 0.387 e. The molecule has 1 atom stereocenters. The summed E-state index contributed by atoms with van der Waals surface area (Å²) in [4.78, 5) is 6.37. The van der Waals surface area contributed by atoms with Gasteiger partial charge in [0, 0.05) is 51.0 Å². The third kappa shape index (κ3) is 5.73. The summed E-state index contributed by atoms with van der Waals surface area (Å²) in [5, 5.41) is 11.2. The molecule has 1 unspecified atom stereocenters. The van der Waals surface area contributed by atoms with Crippen molar-refractivity contribution in [2.24, 2.45) is 12.0 Å². The zero-order valence-electron chi connectivity index (χ0n) is 17.7. The predicted molar refractivity (Wildman–Crippen MR) is 125 cm³/mol. The molecule has 1 fully saturated rings. The van der Waals surface area contributed by atoms with Crippen molar-refractivity contribution < 1.29 is 13.5 Å². The van der Waals surface area contributed by atoms with E-state index in [1.165, 1.54) is 0 Å². The number of anilines is 1. The maximum Gasteiger partial charge on any atom is 0.387 e. The number of nitrogens with zero attached hydrogens (tertiary/aromatic N) is 4. The zero-order valence-corrected chi connectivity index (χ0v) is 20.0. The van der Waals surface area contributed by atoms with Gasteiger partial charge in [0.2, 0.25) is 0 Å². The van der Waals surface area contributed by atoms with Crippen LogP contribution >= 0.6 is 24.0 Å². The summed E-state index contributed by atoms with van der Waals surface area (Å²) >= 11 is 0. The number of guanidine groups is 1. The van der Waals surface area contributed by atoms with Crippen molar-refractivity contribution in [2.45, 2.75) is 39.5 Å². The fourth-order valence-corrected chi connectivity index (χ4v) is 3.64. The summed E-state index contributed by atoms with van der Waals surface area (Å²) < 4.78 is 31.9. The zero-order chi connectivity index (χ0) is 21.0. The minimum Gasteiger partial charge on any atom is -0.433 e. The number of aryl methyl sites for hydroxylation is 2. The van der Waals surface area contributed by atoms with Crippen molar-refractivity contribution in [3.63, 3.8) is 0 Å². The van der Waals surface area contributed by atoms with Crippen LogP contribution in [0.2, 0.25) is 0 Å². The maximum absolute atomic E-state index is 12.7. The van der Waals surface area contributed by atoms with E-state index in [0.717, 1.165) is 29.9 Å². The lowest BCUT2D eigenvalue weighted by molar-refractivity contribution is -0.0495. The molecular weight excluding hydrogens is 505 g/mol. The van der Waals surface area contributed by atoms with Gasteiger partial charge in [0.25, 0.3) is 0 Å². The summed E-state index contributed by atoms with van der Waals surface area (Å²) in [6.07, 6.45) is 0.870. The van der Waals surface area contributed by atoms with E-state index in [1.807, 2.05) is 31.6 Å². The average Bonchev–Trinajstić information content (AvgIpc) is 3.24. The summed E-state index contributed by atoms with van der Waals surface area (Å²) in [6.45, 7) is 3.26. The van der Waals surface area contributed by atoms with Crippen molar-refractivity contribution in [1.29, 1.82) is 0 Å². The van der Waals surface area contributed by atoms with Crippen LogP contribution in [0.5, 0.6) is 5.75 Å². The van der Waals surface area contributed by atoms with Crippen molar-refractivity contribution in [3.05, 3.63) is 41.2 Å². The van der Waals surface area contributed by atoms with Crippen LogP contribution < -0.4 is 20.3 Å². The minimum absolute atomic E-state index is 0. The van der Waals surface area contributed by atoms with E-state index in [4.69, 9.17) is 0 Å². The first-order chi connectivity index (χ1) is 13.9. The third-order valence-electron chi connectivity index (χ3n) is 5.27. The minimum atomic E-state index is -2.84. The molecule has 30 heavy (non-hydrogen) atoms. The molecule has 0 saturated carbocycles. The molecule has 1 saturated heterocycles. The molecule has 2 N–H and O–H groups in total. The molecule has 0 spiro atoms. The molecule has 3 rings (SSSR count). The molecule has 1 aliphatic rings. The molecule has 1 aliphatic heterocycles. The fourth-order valence-electron chi connectivity index (χ4n) is 3.64. The Morgan fingerprint density at radius 3 is 2.70 bits per heavy atom. The normalized spacial score (nSPS) is 16.6. The summed E-state index contributed by atoms with van der Waals surface area (Å²) in [6, 6.07) is 7.05. The second-order valence-electron chi connectivity index (χ2n) is 7.12. The van der Waals surface area contributed by atoms with Gasteiger partial charge in [-0.3, -0.25) is 9.67 Å². The number of halogens is 3. The van der Waals surface area contributed by atoms with Gasteiger partial charge in [0.05, 0.1) is 11.4 Å². The average molecular weight is 534 g/mol. The molecule has 166 valence electrons. The Labute approximate surface area is 192 Å². The summed E-state index contributed by atoms with van der Waals surface area (Å²) in [5.74, 6) is 0.907. The Morgan fingerprint density at radius 1 is 1.33 bits per heavy atom. The predicted octanol–water partition coefficient (Wildman–Crippen LogP) is 3.20. The largest absolute Gasteiger partial charge is 0.433 e. The lowest BCUT2D eigenvalue weighted by atomic mass is 10.2. The van der Waals surface area contributed by atoms with E-state index in [0.29, 0.717) is 24.7 Å². The number of aromatic nitrogens is 2. The number of benzene rings is 1. The number of hydrogen-bond acceptors (Lipinski definition) is 4. The molecular formula is C20H29F2IN6O. The Morgan fingerprint density at radius 2 is 2.07 bits per heavy atom. The highest BCUT2D eigenvalue weighted by molar-refractivity contribution is 14.0. The molecule has 2 aromatic rings. The van der Waals surface area contributed by atoms with Crippen molar-refractivity contribution in [3.8, 4) is 5.75 Å². The molecule has 10 heteroatoms. The Balaban J connectivity index is 0.00000320. The van der Waals surface area contributed by atoms with Crippen LogP contribution in [0.1, 0.15) is 23.4 Å². The summed E-state index contributed by atoms with van der Waals surface area (Å²) in [7, 11) is 3.67. The lowest BCUT2D eigenvalue weighted by Crippen LogP contribution is -2.44. The van der Waals surface area contributed by atoms with Crippen LogP contribution in [-0.4, -0.2) is 48.5 Å². The highest BCUT2D eigenvalue weighted by Crippen LogP contribution is 2.31. The van der Waals surface area contributed by atoms with E-state index in [-0.39, 0.29) is 35.8 Å². The number of nitrogens with one attached hydrogen (secondary N) is 2. The van der Waals surface area contributed by atoms with Gasteiger partial charge in [-0.25, -0.2) is 0 Å². The van der Waals surface area contributed by atoms with Crippen molar-refractivity contribution in [2.75, 3.05) is 25.0 Å². The number of ether oxygens (including phenoxy) is 1. The Kier molecular flexibility index (Phi) is 8.68. The third-order valence-corrected chi connectivity index (χ3v) is 5.27. The van der Waals surface area contributed by atoms with Crippen molar-refractivity contribution >= 4 is 35.6 Å². The maximum atomic E-state index is 12.7. The lowest BCUT2D eigenvalue weighted by Gasteiger charge is -2.22. The first kappa shape index (κ1) is 24.2. The van der Waals surface area contributed by atoms with Crippen LogP contribution in [0, 0.1) is 13.8 Å². The van der Waals surface area contributed by atoms with E-state index >= 15 is 0 Å². The molecule has 0 bridgehead atoms. The first-order valence-corrected chi connectivity index (χ1v) is 9.64. The molecule has 7 nitrogen and oxygen atoms in total. The topological polar surface area (TPSA) is 66.7 Å². The molecule has 1 aromatic heterocycles. The van der Waals surface area contributed by atoms with Gasteiger partial charge in [0.15, 0.2) is 5.96 Å². The van der Waals surface area contributed by atoms with Gasteiger partial charge in [-0.15, -0.1) is 24.0 Å². The molecule has 0 amide bonds. The molecule has 2 heterocycles. The van der Waals surface area contributed by atoms with E-state index in [2.05, 4.69) is 30.4 Å². The SMILES string of the molecule is CN=C(NCc1c(C)nn(C)c1C)NC1CCN(c2ccccc2OC(F)F)C1.I. The van der Waals surface area contributed by atoms with Gasteiger partial charge < -0.3 is 20.3 Å². The van der Waals surface area contributed by atoms with Crippen molar-refractivity contribution in [1.82, 2.24) is 20.4 Å². The standard InChI is InChI=1S/C20H28F2N6O.HI/c1-13-16(14(2)27(4)26-13)11-24-20(23-3)25-15-9-10-28(12-15)17-7-5-6-8-18(17)29-19(21)22;/h5-8,15,19H,9-12H2,1-4H3,(H2,23,24,25);1H. The highest BCUT2D eigenvalue weighted by atomic mass is 127. The molecule has 0 aliphatic carbocycles. The van der Waals surface area contributed by atoms with Crippen LogP contribution in [0.25, 0.3) is 0 Å². The number of hydrogen-bond donors (Lipinski definition) is 2. The number of rotatable bonds is 6. The van der Waals surface area contributed by atoms with Gasteiger partial charge >= 0.3 is 6.61 Å². The van der Waals surface area contributed by atoms with E-state index in [9.17, 15) is 8.78 Å². The first-order valence-electron chi connectivity index (χ1n) is 9.64. The van der Waals surface area contributed by atoms with Crippen LogP contribution in [0.4, 0.5) is 14.5 Å². The second-order valence-corrected chi connectivity index (χ2v) is 7.12. The molecule has 1 aromatic carbocycles. The van der Waals surface area contributed by atoms with Gasteiger partial charge in [0.1, 0.15) is 5.75 Å².